The highest BCUT2D eigenvalue weighted by Crippen LogP contribution is 2.33. The van der Waals surface area contributed by atoms with Crippen LogP contribution in [0.25, 0.3) is 0 Å². The third kappa shape index (κ3) is 3.94. The van der Waals surface area contributed by atoms with Crippen LogP contribution in [0.4, 0.5) is 0 Å². The smallest absolute Gasteiger partial charge is 0.0589 e. The van der Waals surface area contributed by atoms with Crippen LogP contribution in [0.15, 0.2) is 0 Å². The fourth-order valence-corrected chi connectivity index (χ4v) is 3.77. The first kappa shape index (κ1) is 16.2. The van der Waals surface area contributed by atoms with E-state index in [1.54, 1.807) is 0 Å². The molecule has 2 rings (SSSR count). The van der Waals surface area contributed by atoms with E-state index in [4.69, 9.17) is 4.74 Å². The van der Waals surface area contributed by atoms with E-state index in [0.29, 0.717) is 18.6 Å². The van der Waals surface area contributed by atoms with Crippen molar-refractivity contribution in [1.29, 1.82) is 0 Å². The number of nitrogens with zero attached hydrogens (tertiary/aromatic N) is 1. The van der Waals surface area contributed by atoms with E-state index in [2.05, 4.69) is 24.1 Å². The Morgan fingerprint density at radius 1 is 1.45 bits per heavy atom. The van der Waals surface area contributed by atoms with Gasteiger partial charge in [-0.3, -0.25) is 4.90 Å². The molecule has 2 aliphatic rings. The van der Waals surface area contributed by atoms with Gasteiger partial charge < -0.3 is 15.2 Å². The third-order valence-corrected chi connectivity index (χ3v) is 5.05. The van der Waals surface area contributed by atoms with Crippen LogP contribution < -0.4 is 5.32 Å². The van der Waals surface area contributed by atoms with Crippen molar-refractivity contribution in [2.24, 2.45) is 11.3 Å². The number of aliphatic hydroxyl groups excluding tert-OH is 1. The van der Waals surface area contributed by atoms with E-state index < -0.39 is 0 Å². The first-order valence-electron chi connectivity index (χ1n) is 8.34. The highest BCUT2D eigenvalue weighted by Gasteiger charge is 2.39. The molecule has 4 nitrogen and oxygen atoms in total. The summed E-state index contributed by atoms with van der Waals surface area (Å²) in [7, 11) is 0. The highest BCUT2D eigenvalue weighted by molar-refractivity contribution is 4.92. The van der Waals surface area contributed by atoms with Gasteiger partial charge in [-0.1, -0.05) is 13.8 Å². The molecule has 2 aliphatic heterocycles. The summed E-state index contributed by atoms with van der Waals surface area (Å²) in [5.41, 5.74) is 0.241. The number of hydrogen-bond acceptors (Lipinski definition) is 4. The summed E-state index contributed by atoms with van der Waals surface area (Å²) in [5.74, 6) is 0.616. The van der Waals surface area contributed by atoms with Crippen LogP contribution in [0.3, 0.4) is 0 Å². The van der Waals surface area contributed by atoms with Gasteiger partial charge in [-0.25, -0.2) is 0 Å². The maximum Gasteiger partial charge on any atom is 0.0589 e. The minimum atomic E-state index is 0.241. The normalized spacial score (nSPS) is 35.5. The SMILES string of the molecule is CCCNCC1(CN2CCC(C)C2CO)CCCOC1. The van der Waals surface area contributed by atoms with Crippen molar-refractivity contribution < 1.29 is 9.84 Å². The van der Waals surface area contributed by atoms with Crippen LogP contribution in [0, 0.1) is 11.3 Å². The molecular formula is C16H32N2O2. The van der Waals surface area contributed by atoms with E-state index in [0.717, 1.165) is 39.4 Å². The summed E-state index contributed by atoms with van der Waals surface area (Å²) >= 11 is 0. The summed E-state index contributed by atoms with van der Waals surface area (Å²) in [6.45, 7) is 10.9. The lowest BCUT2D eigenvalue weighted by Crippen LogP contribution is -2.51. The molecule has 0 aromatic heterocycles. The van der Waals surface area contributed by atoms with Gasteiger partial charge in [0.15, 0.2) is 0 Å². The monoisotopic (exact) mass is 284 g/mol. The first-order valence-corrected chi connectivity index (χ1v) is 8.34. The minimum absolute atomic E-state index is 0.241. The van der Waals surface area contributed by atoms with Gasteiger partial charge in [-0.05, 0) is 44.7 Å². The zero-order chi connectivity index (χ0) is 14.4. The fraction of sp³-hybridized carbons (Fsp3) is 1.00. The van der Waals surface area contributed by atoms with E-state index in [-0.39, 0.29) is 5.41 Å². The Labute approximate surface area is 123 Å². The molecule has 0 aromatic rings. The second-order valence-corrected chi connectivity index (χ2v) is 6.82. The first-order chi connectivity index (χ1) is 9.71. The van der Waals surface area contributed by atoms with E-state index in [1.807, 2.05) is 0 Å². The number of rotatable bonds is 7. The van der Waals surface area contributed by atoms with Crippen molar-refractivity contribution in [1.82, 2.24) is 10.2 Å². The van der Waals surface area contributed by atoms with Gasteiger partial charge >= 0.3 is 0 Å². The van der Waals surface area contributed by atoms with Gasteiger partial charge in [0.2, 0.25) is 0 Å². The van der Waals surface area contributed by atoms with Crippen molar-refractivity contribution in [2.45, 2.75) is 45.6 Å². The molecule has 4 heteroatoms. The van der Waals surface area contributed by atoms with Crippen LogP contribution in [-0.4, -0.2) is 62.0 Å². The molecule has 2 N–H and O–H groups in total. The Balaban J connectivity index is 1.96. The molecule has 0 aliphatic carbocycles. The van der Waals surface area contributed by atoms with Crippen LogP contribution >= 0.6 is 0 Å². The zero-order valence-electron chi connectivity index (χ0n) is 13.2. The van der Waals surface area contributed by atoms with Gasteiger partial charge in [0.05, 0.1) is 13.2 Å². The average Bonchev–Trinajstić information content (AvgIpc) is 2.80. The van der Waals surface area contributed by atoms with Crippen molar-refractivity contribution in [2.75, 3.05) is 46.0 Å². The van der Waals surface area contributed by atoms with Gasteiger partial charge in [0, 0.05) is 31.2 Å². The summed E-state index contributed by atoms with van der Waals surface area (Å²) in [6, 6.07) is 0.347. The van der Waals surface area contributed by atoms with Crippen LogP contribution in [0.1, 0.15) is 39.5 Å². The summed E-state index contributed by atoms with van der Waals surface area (Å²) in [6.07, 6.45) is 4.80. The maximum absolute atomic E-state index is 9.65. The summed E-state index contributed by atoms with van der Waals surface area (Å²) in [5, 5.41) is 13.2. The number of aliphatic hydroxyl groups is 1. The molecule has 0 spiro atoms. The molecule has 2 fully saturated rings. The zero-order valence-corrected chi connectivity index (χ0v) is 13.2. The number of nitrogens with one attached hydrogen (secondary N) is 1. The largest absolute Gasteiger partial charge is 0.395 e. The van der Waals surface area contributed by atoms with Crippen LogP contribution in [0.5, 0.6) is 0 Å². The van der Waals surface area contributed by atoms with Crippen LogP contribution in [0.2, 0.25) is 0 Å². The second-order valence-electron chi connectivity index (χ2n) is 6.82. The summed E-state index contributed by atoms with van der Waals surface area (Å²) < 4.78 is 5.79. The lowest BCUT2D eigenvalue weighted by Gasteiger charge is -2.41. The Hall–Kier alpha value is -0.160. The number of ether oxygens (including phenoxy) is 1. The molecule has 0 radical (unpaired) electrons. The van der Waals surface area contributed by atoms with Crippen molar-refractivity contribution in [3.8, 4) is 0 Å². The molecule has 20 heavy (non-hydrogen) atoms. The van der Waals surface area contributed by atoms with Crippen LogP contribution in [-0.2, 0) is 4.74 Å². The molecule has 0 saturated carbocycles. The molecule has 0 aromatic carbocycles. The predicted octanol–water partition coefficient (Wildman–Crippen LogP) is 1.49. The number of hydrogen-bond donors (Lipinski definition) is 2. The van der Waals surface area contributed by atoms with E-state index in [9.17, 15) is 5.11 Å². The second kappa shape index (κ2) is 7.74. The summed E-state index contributed by atoms with van der Waals surface area (Å²) in [4.78, 5) is 2.51. The maximum atomic E-state index is 9.65. The third-order valence-electron chi connectivity index (χ3n) is 5.05. The lowest BCUT2D eigenvalue weighted by atomic mass is 9.81. The average molecular weight is 284 g/mol. The topological polar surface area (TPSA) is 44.7 Å². The van der Waals surface area contributed by atoms with Crippen molar-refractivity contribution in [3.63, 3.8) is 0 Å². The minimum Gasteiger partial charge on any atom is -0.395 e. The van der Waals surface area contributed by atoms with Gasteiger partial charge in [-0.15, -0.1) is 0 Å². The predicted molar refractivity (Wildman–Crippen MR) is 81.9 cm³/mol. The molecule has 0 bridgehead atoms. The Bertz CT molecular complexity index is 280. The quantitative estimate of drug-likeness (QED) is 0.695. The Kier molecular flexibility index (Phi) is 6.27. The van der Waals surface area contributed by atoms with Crippen molar-refractivity contribution >= 4 is 0 Å². The lowest BCUT2D eigenvalue weighted by molar-refractivity contribution is -0.0325. The molecule has 3 unspecified atom stereocenters. The molecule has 2 saturated heterocycles. The number of likely N-dealkylation sites (tertiary alicyclic amines) is 1. The highest BCUT2D eigenvalue weighted by atomic mass is 16.5. The van der Waals surface area contributed by atoms with Gasteiger partial charge in [0.25, 0.3) is 0 Å². The van der Waals surface area contributed by atoms with Gasteiger partial charge in [-0.2, -0.15) is 0 Å². The molecule has 0 amide bonds. The Morgan fingerprint density at radius 2 is 2.30 bits per heavy atom. The Morgan fingerprint density at radius 3 is 2.95 bits per heavy atom. The fourth-order valence-electron chi connectivity index (χ4n) is 3.77. The molecule has 3 atom stereocenters. The standard InChI is InChI=1S/C16H32N2O2/c1-3-7-17-11-16(6-4-9-20-13-16)12-18-8-5-14(2)15(18)10-19/h14-15,17,19H,3-13H2,1-2H3. The van der Waals surface area contributed by atoms with E-state index in [1.165, 1.54) is 25.7 Å². The van der Waals surface area contributed by atoms with Gasteiger partial charge in [0.1, 0.15) is 0 Å². The molecule has 118 valence electrons. The van der Waals surface area contributed by atoms with E-state index >= 15 is 0 Å². The molecular weight excluding hydrogens is 252 g/mol. The van der Waals surface area contributed by atoms with Crippen molar-refractivity contribution in [3.05, 3.63) is 0 Å². The molecule has 2 heterocycles.